The van der Waals surface area contributed by atoms with Gasteiger partial charge in [-0.15, -0.1) is 0 Å². The van der Waals surface area contributed by atoms with Crippen LogP contribution in [0.1, 0.15) is 22.7 Å². The molecule has 3 heterocycles. The van der Waals surface area contributed by atoms with Crippen LogP contribution in [0.25, 0.3) is 5.65 Å². The number of aromatic nitrogens is 3. The lowest BCUT2D eigenvalue weighted by Gasteiger charge is -2.16. The van der Waals surface area contributed by atoms with Crippen molar-refractivity contribution < 1.29 is 50.7 Å². The zero-order valence-electron chi connectivity index (χ0n) is 18.0. The molecule has 0 aliphatic carbocycles. The molecule has 34 heavy (non-hydrogen) atoms. The van der Waals surface area contributed by atoms with Crippen molar-refractivity contribution in [3.05, 3.63) is 53.3 Å². The van der Waals surface area contributed by atoms with Gasteiger partial charge >= 0.3 is 24.3 Å². The Kier molecular flexibility index (Phi) is 9.60. The van der Waals surface area contributed by atoms with Crippen LogP contribution in [0.15, 0.2) is 35.1 Å². The molecule has 0 spiro atoms. The van der Waals surface area contributed by atoms with Crippen LogP contribution >= 0.6 is 0 Å². The Balaban J connectivity index is 0.000000343. The van der Waals surface area contributed by atoms with E-state index in [0.717, 1.165) is 30.2 Å². The number of hydrogen-bond donors (Lipinski definition) is 2. The monoisotopic (exact) mass is 498 g/mol. The number of alkyl halides is 6. The summed E-state index contributed by atoms with van der Waals surface area (Å²) in [6.07, 6.45) is -6.19. The molecular formula is C19H20F6N4O5. The predicted molar refractivity (Wildman–Crippen MR) is 104 cm³/mol. The summed E-state index contributed by atoms with van der Waals surface area (Å²) in [5, 5.41) is 18.2. The molecule has 0 aliphatic rings. The van der Waals surface area contributed by atoms with Gasteiger partial charge in [-0.2, -0.15) is 26.3 Å². The summed E-state index contributed by atoms with van der Waals surface area (Å²) in [7, 11) is 2.09. The molecule has 0 saturated carbocycles. The van der Waals surface area contributed by atoms with E-state index in [1.165, 1.54) is 11.3 Å². The van der Waals surface area contributed by atoms with Crippen molar-refractivity contribution in [3.63, 3.8) is 0 Å². The van der Waals surface area contributed by atoms with Gasteiger partial charge in [-0.25, -0.2) is 14.6 Å². The average Bonchev–Trinajstić information content (AvgIpc) is 3.26. The lowest BCUT2D eigenvalue weighted by molar-refractivity contribution is -0.193. The molecule has 3 aromatic heterocycles. The van der Waals surface area contributed by atoms with Crippen molar-refractivity contribution in [2.24, 2.45) is 0 Å². The van der Waals surface area contributed by atoms with E-state index in [4.69, 9.17) is 24.3 Å². The molecule has 0 radical (unpaired) electrons. The van der Waals surface area contributed by atoms with Gasteiger partial charge in [-0.1, -0.05) is 11.2 Å². The Morgan fingerprint density at radius 1 is 1.03 bits per heavy atom. The van der Waals surface area contributed by atoms with Crippen LogP contribution in [0.5, 0.6) is 0 Å². The highest BCUT2D eigenvalue weighted by atomic mass is 19.4. The molecule has 2 N–H and O–H groups in total. The number of nitrogens with zero attached hydrogens (tertiary/aromatic N) is 4. The van der Waals surface area contributed by atoms with Crippen LogP contribution < -0.4 is 0 Å². The summed E-state index contributed by atoms with van der Waals surface area (Å²) in [5.74, 6) is -4.62. The topological polar surface area (TPSA) is 121 Å². The molecule has 3 rings (SSSR count). The largest absolute Gasteiger partial charge is 0.490 e. The van der Waals surface area contributed by atoms with Crippen molar-refractivity contribution in [2.45, 2.75) is 39.3 Å². The molecule has 0 amide bonds. The van der Waals surface area contributed by atoms with E-state index >= 15 is 0 Å². The van der Waals surface area contributed by atoms with E-state index in [1.54, 1.807) is 0 Å². The minimum Gasteiger partial charge on any atom is -0.475 e. The van der Waals surface area contributed by atoms with Crippen molar-refractivity contribution in [1.82, 2.24) is 19.4 Å². The van der Waals surface area contributed by atoms with Crippen LogP contribution in [0.2, 0.25) is 0 Å². The standard InChI is InChI=1S/C15H18N4O.2C2HF3O2/c1-11-14(12(2)20-17-11)10-18(3)9-13-8-16-15-6-4-5-7-19(13)15;2*3-2(4,5)1(6)7/h4-8H,9-10H2,1-3H3;2*(H,6,7). The van der Waals surface area contributed by atoms with Crippen LogP contribution in [0.4, 0.5) is 26.3 Å². The number of hydrogen-bond acceptors (Lipinski definition) is 6. The maximum atomic E-state index is 10.6. The van der Waals surface area contributed by atoms with Gasteiger partial charge in [-0.3, -0.25) is 4.90 Å². The highest BCUT2D eigenvalue weighted by Crippen LogP contribution is 2.16. The summed E-state index contributed by atoms with van der Waals surface area (Å²) in [5.41, 5.74) is 4.29. The minimum atomic E-state index is -5.08. The number of carboxylic acids is 2. The third kappa shape index (κ3) is 8.73. The van der Waals surface area contributed by atoms with E-state index in [1.807, 2.05) is 44.4 Å². The fourth-order valence-corrected chi connectivity index (χ4v) is 2.43. The van der Waals surface area contributed by atoms with Crippen molar-refractivity contribution in [2.75, 3.05) is 7.05 Å². The molecule has 9 nitrogen and oxygen atoms in total. The van der Waals surface area contributed by atoms with Gasteiger partial charge in [0.2, 0.25) is 0 Å². The molecule has 3 aromatic rings. The number of imidazole rings is 1. The first-order valence-electron chi connectivity index (χ1n) is 9.15. The minimum absolute atomic E-state index is 0.821. The lowest BCUT2D eigenvalue weighted by atomic mass is 10.2. The second-order valence-electron chi connectivity index (χ2n) is 6.76. The molecule has 0 atom stereocenters. The molecule has 188 valence electrons. The zero-order valence-corrected chi connectivity index (χ0v) is 18.0. The summed E-state index contributed by atoms with van der Waals surface area (Å²) < 4.78 is 70.8. The number of carboxylic acid groups (broad SMARTS) is 2. The number of aryl methyl sites for hydroxylation is 2. The first-order chi connectivity index (χ1) is 15.5. The van der Waals surface area contributed by atoms with E-state index in [2.05, 4.69) is 26.5 Å². The number of halogens is 6. The molecule has 0 unspecified atom stereocenters. The van der Waals surface area contributed by atoms with Crippen LogP contribution in [0, 0.1) is 13.8 Å². The Morgan fingerprint density at radius 3 is 2.00 bits per heavy atom. The first kappa shape index (κ1) is 28.4. The molecule has 15 heteroatoms. The van der Waals surface area contributed by atoms with Gasteiger partial charge in [0.1, 0.15) is 11.4 Å². The molecule has 0 aromatic carbocycles. The maximum absolute atomic E-state index is 10.6. The van der Waals surface area contributed by atoms with Gasteiger partial charge in [0.05, 0.1) is 17.6 Å². The number of aliphatic carboxylic acids is 2. The van der Waals surface area contributed by atoms with Crippen molar-refractivity contribution >= 4 is 17.6 Å². The number of pyridine rings is 1. The summed E-state index contributed by atoms with van der Waals surface area (Å²) >= 11 is 0. The smallest absolute Gasteiger partial charge is 0.475 e. The first-order valence-corrected chi connectivity index (χ1v) is 9.15. The second kappa shape index (κ2) is 11.5. The second-order valence-corrected chi connectivity index (χ2v) is 6.76. The highest BCUT2D eigenvalue weighted by Gasteiger charge is 2.38. The SMILES string of the molecule is Cc1noc(C)c1CN(C)Cc1cnc2ccccn12.O=C(O)C(F)(F)F.O=C(O)C(F)(F)F. The quantitative estimate of drug-likeness (QED) is 0.521. The highest BCUT2D eigenvalue weighted by molar-refractivity contribution is 5.73. The van der Waals surface area contributed by atoms with E-state index in [0.29, 0.717) is 0 Å². The van der Waals surface area contributed by atoms with Gasteiger partial charge in [0.25, 0.3) is 0 Å². The van der Waals surface area contributed by atoms with Gasteiger partial charge in [0.15, 0.2) is 0 Å². The number of rotatable bonds is 4. The van der Waals surface area contributed by atoms with Crippen LogP contribution in [-0.2, 0) is 22.7 Å². The Bertz CT molecular complexity index is 1060. The fourth-order valence-electron chi connectivity index (χ4n) is 2.43. The molecule has 0 aliphatic heterocycles. The lowest BCUT2D eigenvalue weighted by Crippen LogP contribution is -2.21. The molecule has 0 fully saturated rings. The Morgan fingerprint density at radius 2 is 1.56 bits per heavy atom. The third-order valence-corrected chi connectivity index (χ3v) is 4.02. The molecular weight excluding hydrogens is 478 g/mol. The predicted octanol–water partition coefficient (Wildman–Crippen LogP) is 3.84. The van der Waals surface area contributed by atoms with E-state index in [9.17, 15) is 26.3 Å². The fraction of sp³-hybridized carbons (Fsp3) is 0.368. The Labute approximate surface area is 188 Å². The third-order valence-electron chi connectivity index (χ3n) is 4.02. The van der Waals surface area contributed by atoms with Gasteiger partial charge in [0, 0.05) is 24.8 Å². The summed E-state index contributed by atoms with van der Waals surface area (Å²) in [6, 6.07) is 6.03. The van der Waals surface area contributed by atoms with Gasteiger partial charge < -0.3 is 19.1 Å². The summed E-state index contributed by atoms with van der Waals surface area (Å²) in [6.45, 7) is 5.59. The zero-order chi connectivity index (χ0) is 26.3. The van der Waals surface area contributed by atoms with Gasteiger partial charge in [-0.05, 0) is 33.0 Å². The van der Waals surface area contributed by atoms with E-state index < -0.39 is 24.3 Å². The number of fused-ring (bicyclic) bond motifs is 1. The molecule has 0 bridgehead atoms. The average molecular weight is 498 g/mol. The van der Waals surface area contributed by atoms with Crippen LogP contribution in [-0.4, -0.2) is 61.0 Å². The maximum Gasteiger partial charge on any atom is 0.490 e. The Hall–Kier alpha value is -3.62. The van der Waals surface area contributed by atoms with Crippen molar-refractivity contribution in [1.29, 1.82) is 0 Å². The molecule has 0 saturated heterocycles. The summed E-state index contributed by atoms with van der Waals surface area (Å²) in [4.78, 5) is 24.4. The van der Waals surface area contributed by atoms with E-state index in [-0.39, 0.29) is 0 Å². The van der Waals surface area contributed by atoms with Crippen molar-refractivity contribution in [3.8, 4) is 0 Å². The normalized spacial score (nSPS) is 11.5. The number of carbonyl (C=O) groups is 2. The van der Waals surface area contributed by atoms with Crippen LogP contribution in [0.3, 0.4) is 0 Å².